The lowest BCUT2D eigenvalue weighted by molar-refractivity contribution is 0.0847. The van der Waals surface area contributed by atoms with E-state index in [1.54, 1.807) is 35.3 Å². The average Bonchev–Trinajstić information content (AvgIpc) is 3.30. The minimum absolute atomic E-state index is 0.336. The maximum absolute atomic E-state index is 13.1. The molecule has 0 radical (unpaired) electrons. The molecule has 3 heterocycles. The van der Waals surface area contributed by atoms with E-state index in [-0.39, 0.29) is 0 Å². The Morgan fingerprint density at radius 1 is 0.824 bits per heavy atom. The van der Waals surface area contributed by atoms with Gasteiger partial charge in [0, 0.05) is 18.0 Å². The molecular formula is C26H20N6O2. The quantitative estimate of drug-likeness (QED) is 0.400. The second kappa shape index (κ2) is 9.33. The molecule has 0 saturated carbocycles. The van der Waals surface area contributed by atoms with Gasteiger partial charge in [0.15, 0.2) is 5.65 Å². The number of hydrogen-bond acceptors (Lipinski definition) is 5. The fourth-order valence-corrected chi connectivity index (χ4v) is 3.61. The fraction of sp³-hybridized carbons (Fsp3) is 0.0385. The first kappa shape index (κ1) is 21.0. The molecule has 8 nitrogen and oxygen atoms in total. The minimum Gasteiger partial charge on any atom is -0.267 e. The number of amides is 2. The van der Waals surface area contributed by atoms with Crippen LogP contribution in [0.4, 0.5) is 0 Å². The molecule has 5 rings (SSSR count). The Kier molecular flexibility index (Phi) is 5.77. The molecule has 166 valence electrons. The highest BCUT2D eigenvalue weighted by Crippen LogP contribution is 2.25. The molecule has 2 amide bonds. The van der Waals surface area contributed by atoms with Gasteiger partial charge in [-0.1, -0.05) is 60.7 Å². The molecule has 0 atom stereocenters. The minimum atomic E-state index is -0.471. The third-order valence-corrected chi connectivity index (χ3v) is 5.31. The number of nitrogens with one attached hydrogen (secondary N) is 2. The zero-order chi connectivity index (χ0) is 23.3. The van der Waals surface area contributed by atoms with Crippen LogP contribution in [0.5, 0.6) is 0 Å². The van der Waals surface area contributed by atoms with Gasteiger partial charge in [-0.05, 0) is 23.8 Å². The Bertz CT molecular complexity index is 1450. The molecule has 0 aliphatic rings. The van der Waals surface area contributed by atoms with Crippen LogP contribution in [0.3, 0.4) is 0 Å². The van der Waals surface area contributed by atoms with Gasteiger partial charge in [-0.15, -0.1) is 0 Å². The van der Waals surface area contributed by atoms with E-state index < -0.39 is 11.8 Å². The first-order valence-electron chi connectivity index (χ1n) is 10.7. The normalized spacial score (nSPS) is 10.7. The molecule has 0 saturated heterocycles. The largest absolute Gasteiger partial charge is 0.271 e. The number of nitrogens with zero attached hydrogens (tertiary/aromatic N) is 4. The van der Waals surface area contributed by atoms with Crippen LogP contribution in [-0.2, 0) is 6.54 Å². The average molecular weight is 448 g/mol. The topological polar surface area (TPSA) is 102 Å². The van der Waals surface area contributed by atoms with E-state index in [4.69, 9.17) is 4.98 Å². The Balaban J connectivity index is 1.50. The summed E-state index contributed by atoms with van der Waals surface area (Å²) in [6.07, 6.45) is 4.62. The van der Waals surface area contributed by atoms with Crippen LogP contribution in [0.25, 0.3) is 22.3 Å². The fourth-order valence-electron chi connectivity index (χ4n) is 3.61. The van der Waals surface area contributed by atoms with Crippen molar-refractivity contribution in [3.8, 4) is 11.3 Å². The Morgan fingerprint density at radius 3 is 2.29 bits per heavy atom. The van der Waals surface area contributed by atoms with Gasteiger partial charge in [0.2, 0.25) is 0 Å². The number of pyridine rings is 2. The van der Waals surface area contributed by atoms with Crippen molar-refractivity contribution in [1.82, 2.24) is 30.6 Å². The smallest absolute Gasteiger partial charge is 0.267 e. The Morgan fingerprint density at radius 2 is 1.56 bits per heavy atom. The molecule has 0 bridgehead atoms. The first-order chi connectivity index (χ1) is 16.7. The highest BCUT2D eigenvalue weighted by molar-refractivity contribution is 6.07. The lowest BCUT2D eigenvalue weighted by Gasteiger charge is -2.11. The van der Waals surface area contributed by atoms with Crippen LogP contribution >= 0.6 is 0 Å². The molecular weight excluding hydrogens is 428 g/mol. The lowest BCUT2D eigenvalue weighted by Crippen LogP contribution is -2.41. The predicted molar refractivity (Wildman–Crippen MR) is 128 cm³/mol. The number of carbonyl (C=O) groups is 2. The van der Waals surface area contributed by atoms with Crippen LogP contribution in [0.1, 0.15) is 26.3 Å². The zero-order valence-corrected chi connectivity index (χ0v) is 18.1. The third kappa shape index (κ3) is 4.37. The molecule has 34 heavy (non-hydrogen) atoms. The highest BCUT2D eigenvalue weighted by Gasteiger charge is 2.18. The maximum Gasteiger partial charge on any atom is 0.271 e. The van der Waals surface area contributed by atoms with Crippen molar-refractivity contribution in [2.75, 3.05) is 0 Å². The van der Waals surface area contributed by atoms with E-state index in [1.807, 2.05) is 60.7 Å². The van der Waals surface area contributed by atoms with Gasteiger partial charge in [0.1, 0.15) is 0 Å². The lowest BCUT2D eigenvalue weighted by atomic mass is 10.1. The number of benzene rings is 2. The molecule has 0 aliphatic heterocycles. The summed E-state index contributed by atoms with van der Waals surface area (Å²) < 4.78 is 1.77. The summed E-state index contributed by atoms with van der Waals surface area (Å²) in [6, 6.07) is 24.5. The van der Waals surface area contributed by atoms with Crippen molar-refractivity contribution >= 4 is 22.8 Å². The van der Waals surface area contributed by atoms with Gasteiger partial charge in [-0.2, -0.15) is 5.10 Å². The van der Waals surface area contributed by atoms with Gasteiger partial charge in [0.25, 0.3) is 11.8 Å². The molecule has 0 fully saturated rings. The summed E-state index contributed by atoms with van der Waals surface area (Å²) in [5.41, 5.74) is 8.77. The van der Waals surface area contributed by atoms with Crippen LogP contribution in [0, 0.1) is 0 Å². The van der Waals surface area contributed by atoms with Crippen LogP contribution in [0.2, 0.25) is 0 Å². The maximum atomic E-state index is 13.1. The summed E-state index contributed by atoms with van der Waals surface area (Å²) in [4.78, 5) is 34.2. The molecule has 5 aromatic rings. The predicted octanol–water partition coefficient (Wildman–Crippen LogP) is 3.62. The number of hydrazine groups is 1. The number of fused-ring (bicyclic) bond motifs is 1. The molecule has 2 N–H and O–H groups in total. The molecule has 3 aromatic heterocycles. The van der Waals surface area contributed by atoms with E-state index >= 15 is 0 Å². The number of hydrogen-bond donors (Lipinski definition) is 2. The van der Waals surface area contributed by atoms with E-state index in [0.717, 1.165) is 11.1 Å². The van der Waals surface area contributed by atoms with Crippen molar-refractivity contribution < 1.29 is 9.59 Å². The standard InChI is InChI=1S/C26H20N6O2/c33-25(20-12-7-13-27-15-20)30-31-26(34)21-14-23(19-10-5-2-6-11-19)29-24-22(21)16-28-32(24)17-18-8-3-1-4-9-18/h1-16H,17H2,(H,30,33)(H,31,34). The summed E-state index contributed by atoms with van der Waals surface area (Å²) in [5, 5.41) is 5.08. The van der Waals surface area contributed by atoms with Crippen LogP contribution in [-0.4, -0.2) is 31.6 Å². The summed E-state index contributed by atoms with van der Waals surface area (Å²) in [6.45, 7) is 0.508. The molecule has 0 aliphatic carbocycles. The molecule has 0 spiro atoms. The number of rotatable bonds is 5. The number of aromatic nitrogens is 4. The monoisotopic (exact) mass is 448 g/mol. The Labute approximate surface area is 195 Å². The third-order valence-electron chi connectivity index (χ3n) is 5.31. The van der Waals surface area contributed by atoms with Crippen molar-refractivity contribution in [2.24, 2.45) is 0 Å². The zero-order valence-electron chi connectivity index (χ0n) is 18.1. The molecule has 0 unspecified atom stereocenters. The van der Waals surface area contributed by atoms with Gasteiger partial charge in [0.05, 0.1) is 34.9 Å². The van der Waals surface area contributed by atoms with E-state index in [1.165, 1.54) is 6.20 Å². The van der Waals surface area contributed by atoms with Crippen molar-refractivity contribution in [1.29, 1.82) is 0 Å². The number of carbonyl (C=O) groups excluding carboxylic acids is 2. The van der Waals surface area contributed by atoms with Gasteiger partial charge < -0.3 is 0 Å². The van der Waals surface area contributed by atoms with Gasteiger partial charge in [-0.25, -0.2) is 9.67 Å². The summed E-state index contributed by atoms with van der Waals surface area (Å²) in [7, 11) is 0. The van der Waals surface area contributed by atoms with Crippen LogP contribution < -0.4 is 10.9 Å². The summed E-state index contributed by atoms with van der Waals surface area (Å²) >= 11 is 0. The van der Waals surface area contributed by atoms with Crippen molar-refractivity contribution in [3.05, 3.63) is 114 Å². The van der Waals surface area contributed by atoms with E-state index in [2.05, 4.69) is 20.9 Å². The SMILES string of the molecule is O=C(NNC(=O)c1cc(-c2ccccc2)nc2c1cnn2Cc1ccccc1)c1cccnc1. The second-order valence-electron chi connectivity index (χ2n) is 7.60. The van der Waals surface area contributed by atoms with Crippen LogP contribution in [0.15, 0.2) is 97.5 Å². The molecule has 2 aromatic carbocycles. The van der Waals surface area contributed by atoms with Crippen molar-refractivity contribution in [3.63, 3.8) is 0 Å². The van der Waals surface area contributed by atoms with Crippen molar-refractivity contribution in [2.45, 2.75) is 6.54 Å². The molecule has 8 heteroatoms. The van der Waals surface area contributed by atoms with Gasteiger partial charge >= 0.3 is 0 Å². The second-order valence-corrected chi connectivity index (χ2v) is 7.60. The first-order valence-corrected chi connectivity index (χ1v) is 10.7. The van der Waals surface area contributed by atoms with E-state index in [0.29, 0.717) is 34.4 Å². The Hall–Kier alpha value is -4.85. The summed E-state index contributed by atoms with van der Waals surface area (Å²) in [5.74, 6) is -0.934. The van der Waals surface area contributed by atoms with E-state index in [9.17, 15) is 9.59 Å². The van der Waals surface area contributed by atoms with Gasteiger partial charge in [-0.3, -0.25) is 25.4 Å². The highest BCUT2D eigenvalue weighted by atomic mass is 16.2.